The van der Waals surface area contributed by atoms with Gasteiger partial charge in [-0.2, -0.15) is 0 Å². The number of benzene rings is 1. The third-order valence-electron chi connectivity index (χ3n) is 3.00. The molecule has 4 nitrogen and oxygen atoms in total. The van der Waals surface area contributed by atoms with Crippen molar-refractivity contribution in [1.82, 2.24) is 10.2 Å². The summed E-state index contributed by atoms with van der Waals surface area (Å²) in [6.07, 6.45) is 0. The van der Waals surface area contributed by atoms with E-state index < -0.39 is 0 Å². The van der Waals surface area contributed by atoms with Gasteiger partial charge in [-0.1, -0.05) is 6.07 Å². The molecule has 0 amide bonds. The number of nitrogens with one attached hydrogen (secondary N) is 2. The molecule has 0 radical (unpaired) electrons. The van der Waals surface area contributed by atoms with E-state index in [1.54, 1.807) is 0 Å². The van der Waals surface area contributed by atoms with Gasteiger partial charge in [-0.05, 0) is 17.7 Å². The summed E-state index contributed by atoms with van der Waals surface area (Å²) in [5.41, 5.74) is 9.07. The highest BCUT2D eigenvalue weighted by Gasteiger charge is 2.10. The van der Waals surface area contributed by atoms with Crippen LogP contribution in [0.25, 0.3) is 0 Å². The molecule has 1 saturated heterocycles. The molecule has 1 aromatic rings. The van der Waals surface area contributed by atoms with E-state index in [4.69, 9.17) is 5.73 Å². The van der Waals surface area contributed by atoms with Gasteiger partial charge >= 0.3 is 0 Å². The number of piperazine rings is 1. The highest BCUT2D eigenvalue weighted by molar-refractivity contribution is 5.66. The Bertz CT molecular complexity index is 345. The zero-order valence-electron chi connectivity index (χ0n) is 9.79. The van der Waals surface area contributed by atoms with Gasteiger partial charge in [0.15, 0.2) is 0 Å². The molecule has 4 N–H and O–H groups in total. The molecule has 88 valence electrons. The normalized spacial score (nSPS) is 17.3. The molecule has 1 aliphatic rings. The van der Waals surface area contributed by atoms with E-state index >= 15 is 0 Å². The first-order chi connectivity index (χ1) is 7.79. The minimum absolute atomic E-state index is 0.829. The third kappa shape index (κ3) is 2.65. The number of anilines is 2. The second-order valence-corrected chi connectivity index (χ2v) is 4.20. The molecule has 0 bridgehead atoms. The maximum atomic E-state index is 5.94. The van der Waals surface area contributed by atoms with Crippen molar-refractivity contribution in [2.45, 2.75) is 6.54 Å². The largest absolute Gasteiger partial charge is 0.397 e. The van der Waals surface area contributed by atoms with Crippen molar-refractivity contribution >= 4 is 11.4 Å². The maximum Gasteiger partial charge on any atom is 0.0571 e. The van der Waals surface area contributed by atoms with E-state index in [1.807, 2.05) is 13.1 Å². The predicted molar refractivity (Wildman–Crippen MR) is 68.5 cm³/mol. The minimum atomic E-state index is 0.829. The average molecular weight is 220 g/mol. The Hall–Kier alpha value is -1.26. The van der Waals surface area contributed by atoms with Crippen LogP contribution in [0.4, 0.5) is 11.4 Å². The zero-order chi connectivity index (χ0) is 11.4. The van der Waals surface area contributed by atoms with Crippen LogP contribution in [0.15, 0.2) is 18.2 Å². The van der Waals surface area contributed by atoms with Crippen LogP contribution in [0.5, 0.6) is 0 Å². The zero-order valence-corrected chi connectivity index (χ0v) is 9.79. The van der Waals surface area contributed by atoms with Crippen molar-refractivity contribution in [2.75, 3.05) is 44.3 Å². The molecular weight excluding hydrogens is 200 g/mol. The molecule has 1 heterocycles. The lowest BCUT2D eigenvalue weighted by atomic mass is 10.1. The van der Waals surface area contributed by atoms with Gasteiger partial charge in [0.2, 0.25) is 0 Å². The monoisotopic (exact) mass is 220 g/mol. The summed E-state index contributed by atoms with van der Waals surface area (Å²) >= 11 is 0. The lowest BCUT2D eigenvalue weighted by Crippen LogP contribution is -2.42. The second kappa shape index (κ2) is 5.18. The summed E-state index contributed by atoms with van der Waals surface area (Å²) in [5.74, 6) is 0. The second-order valence-electron chi connectivity index (χ2n) is 4.20. The van der Waals surface area contributed by atoms with E-state index in [0.717, 1.165) is 44.1 Å². The van der Waals surface area contributed by atoms with Crippen LogP contribution in [-0.2, 0) is 6.54 Å². The Morgan fingerprint density at radius 2 is 2.12 bits per heavy atom. The molecular formula is C12H20N4. The molecule has 0 spiro atoms. The molecule has 4 heteroatoms. The lowest BCUT2D eigenvalue weighted by molar-refractivity contribution is 0.233. The van der Waals surface area contributed by atoms with Crippen LogP contribution >= 0.6 is 0 Å². The van der Waals surface area contributed by atoms with Crippen molar-refractivity contribution in [3.63, 3.8) is 0 Å². The van der Waals surface area contributed by atoms with E-state index in [2.05, 4.69) is 27.7 Å². The van der Waals surface area contributed by atoms with Crippen LogP contribution in [0.3, 0.4) is 0 Å². The Morgan fingerprint density at radius 1 is 1.38 bits per heavy atom. The molecule has 2 rings (SSSR count). The van der Waals surface area contributed by atoms with Gasteiger partial charge in [0.1, 0.15) is 0 Å². The molecule has 0 aliphatic carbocycles. The quantitative estimate of drug-likeness (QED) is 0.657. The number of nitrogens with zero attached hydrogens (tertiary/aromatic N) is 1. The van der Waals surface area contributed by atoms with Gasteiger partial charge in [0, 0.05) is 39.8 Å². The Kier molecular flexibility index (Phi) is 3.64. The summed E-state index contributed by atoms with van der Waals surface area (Å²) in [5, 5.41) is 6.43. The molecule has 1 fully saturated rings. The van der Waals surface area contributed by atoms with Crippen molar-refractivity contribution in [2.24, 2.45) is 0 Å². The fourth-order valence-electron chi connectivity index (χ4n) is 2.07. The lowest BCUT2D eigenvalue weighted by Gasteiger charge is -2.27. The fourth-order valence-corrected chi connectivity index (χ4v) is 2.07. The van der Waals surface area contributed by atoms with Crippen LogP contribution in [0.2, 0.25) is 0 Å². The van der Waals surface area contributed by atoms with Gasteiger partial charge in [-0.3, -0.25) is 4.90 Å². The first-order valence-electron chi connectivity index (χ1n) is 5.79. The summed E-state index contributed by atoms with van der Waals surface area (Å²) < 4.78 is 0. The summed E-state index contributed by atoms with van der Waals surface area (Å²) in [6.45, 7) is 5.41. The molecule has 1 aliphatic heterocycles. The smallest absolute Gasteiger partial charge is 0.0571 e. The van der Waals surface area contributed by atoms with E-state index in [1.165, 1.54) is 5.56 Å². The fraction of sp³-hybridized carbons (Fsp3) is 0.500. The van der Waals surface area contributed by atoms with Crippen LogP contribution in [0.1, 0.15) is 5.56 Å². The van der Waals surface area contributed by atoms with Gasteiger partial charge < -0.3 is 16.4 Å². The van der Waals surface area contributed by atoms with Crippen LogP contribution < -0.4 is 16.4 Å². The van der Waals surface area contributed by atoms with Gasteiger partial charge in [0.25, 0.3) is 0 Å². The number of nitrogens with two attached hydrogens (primary N) is 1. The Labute approximate surface area is 96.8 Å². The standard InChI is InChI=1S/C12H20N4/c1-14-12-3-2-10(8-11(12)13)9-16-6-4-15-5-7-16/h2-3,8,14-15H,4-7,9,13H2,1H3. The molecule has 0 aromatic heterocycles. The van der Waals surface area contributed by atoms with Gasteiger partial charge in [-0.15, -0.1) is 0 Å². The van der Waals surface area contributed by atoms with E-state index in [0.29, 0.717) is 0 Å². The molecule has 0 unspecified atom stereocenters. The average Bonchev–Trinajstić information content (AvgIpc) is 2.31. The third-order valence-corrected chi connectivity index (χ3v) is 3.00. The predicted octanol–water partition coefficient (Wildman–Crippen LogP) is 0.716. The molecule has 0 saturated carbocycles. The SMILES string of the molecule is CNc1ccc(CN2CCNCC2)cc1N. The van der Waals surface area contributed by atoms with Gasteiger partial charge in [-0.25, -0.2) is 0 Å². The highest BCUT2D eigenvalue weighted by Crippen LogP contribution is 2.20. The molecule has 0 atom stereocenters. The molecule has 1 aromatic carbocycles. The number of nitrogen functional groups attached to an aromatic ring is 1. The number of hydrogen-bond acceptors (Lipinski definition) is 4. The van der Waals surface area contributed by atoms with Crippen molar-refractivity contribution < 1.29 is 0 Å². The Morgan fingerprint density at radius 3 is 2.75 bits per heavy atom. The minimum Gasteiger partial charge on any atom is -0.397 e. The summed E-state index contributed by atoms with van der Waals surface area (Å²) in [4.78, 5) is 2.45. The topological polar surface area (TPSA) is 53.3 Å². The van der Waals surface area contributed by atoms with Crippen LogP contribution in [-0.4, -0.2) is 38.1 Å². The molecule has 16 heavy (non-hydrogen) atoms. The summed E-state index contributed by atoms with van der Waals surface area (Å²) in [7, 11) is 1.89. The summed E-state index contributed by atoms with van der Waals surface area (Å²) in [6, 6.07) is 6.25. The van der Waals surface area contributed by atoms with Crippen molar-refractivity contribution in [3.8, 4) is 0 Å². The Balaban J connectivity index is 2.01. The van der Waals surface area contributed by atoms with Crippen LogP contribution in [0, 0.1) is 0 Å². The first-order valence-corrected chi connectivity index (χ1v) is 5.79. The van der Waals surface area contributed by atoms with Crippen molar-refractivity contribution in [1.29, 1.82) is 0 Å². The van der Waals surface area contributed by atoms with E-state index in [-0.39, 0.29) is 0 Å². The van der Waals surface area contributed by atoms with Gasteiger partial charge in [0.05, 0.1) is 11.4 Å². The maximum absolute atomic E-state index is 5.94. The van der Waals surface area contributed by atoms with Crippen molar-refractivity contribution in [3.05, 3.63) is 23.8 Å². The highest BCUT2D eigenvalue weighted by atomic mass is 15.2. The van der Waals surface area contributed by atoms with E-state index in [9.17, 15) is 0 Å². The number of hydrogen-bond donors (Lipinski definition) is 3. The first kappa shape index (κ1) is 11.2. The number of rotatable bonds is 3.